The van der Waals surface area contributed by atoms with Gasteiger partial charge in [-0.25, -0.2) is 4.39 Å². The van der Waals surface area contributed by atoms with Crippen LogP contribution in [0.4, 0.5) is 4.39 Å². The maximum Gasteiger partial charge on any atom is 0.276 e. The molecule has 6 nitrogen and oxygen atoms in total. The predicted octanol–water partition coefficient (Wildman–Crippen LogP) is 3.70. The van der Waals surface area contributed by atoms with Crippen LogP contribution in [0.2, 0.25) is 0 Å². The number of nitrogens with zero attached hydrogens (tertiary/aromatic N) is 2. The lowest BCUT2D eigenvalue weighted by atomic mass is 10.1. The van der Waals surface area contributed by atoms with Gasteiger partial charge in [0.25, 0.3) is 5.91 Å². The van der Waals surface area contributed by atoms with Crippen LogP contribution >= 0.6 is 0 Å². The fourth-order valence-corrected chi connectivity index (χ4v) is 3.21. The van der Waals surface area contributed by atoms with Crippen LogP contribution in [0.15, 0.2) is 59.1 Å². The van der Waals surface area contributed by atoms with Gasteiger partial charge in [0, 0.05) is 23.7 Å². The molecule has 3 aromatic rings. The summed E-state index contributed by atoms with van der Waals surface area (Å²) in [4.78, 5) is 14.5. The summed E-state index contributed by atoms with van der Waals surface area (Å²) >= 11 is 0. The average Bonchev–Trinajstić information content (AvgIpc) is 3.24. The molecule has 144 valence electrons. The lowest BCUT2D eigenvalue weighted by molar-refractivity contribution is -0.0246. The van der Waals surface area contributed by atoms with E-state index in [4.69, 9.17) is 14.0 Å². The van der Waals surface area contributed by atoms with Crippen molar-refractivity contribution in [3.8, 4) is 17.1 Å². The highest BCUT2D eigenvalue weighted by molar-refractivity contribution is 5.93. The largest absolute Gasteiger partial charge is 0.497 e. The summed E-state index contributed by atoms with van der Waals surface area (Å²) in [5, 5.41) is 3.92. The quantitative estimate of drug-likeness (QED) is 0.688. The van der Waals surface area contributed by atoms with Gasteiger partial charge in [0.2, 0.25) is 0 Å². The maximum absolute atomic E-state index is 14.1. The van der Waals surface area contributed by atoms with E-state index >= 15 is 0 Å². The number of rotatable bonds is 4. The topological polar surface area (TPSA) is 64.8 Å². The van der Waals surface area contributed by atoms with E-state index in [1.165, 1.54) is 6.07 Å². The Morgan fingerprint density at radius 3 is 2.89 bits per heavy atom. The monoisotopic (exact) mass is 382 g/mol. The molecule has 0 aliphatic carbocycles. The Labute approximate surface area is 161 Å². The average molecular weight is 382 g/mol. The number of hydrogen-bond donors (Lipinski definition) is 0. The van der Waals surface area contributed by atoms with Crippen LogP contribution in [0.25, 0.3) is 11.3 Å². The van der Waals surface area contributed by atoms with Gasteiger partial charge >= 0.3 is 0 Å². The van der Waals surface area contributed by atoms with E-state index in [2.05, 4.69) is 5.16 Å². The second-order valence-corrected chi connectivity index (χ2v) is 6.44. The van der Waals surface area contributed by atoms with Gasteiger partial charge in [0.15, 0.2) is 11.5 Å². The van der Waals surface area contributed by atoms with E-state index in [1.54, 1.807) is 42.3 Å². The number of benzene rings is 2. The molecule has 0 N–H and O–H groups in total. The third-order valence-electron chi connectivity index (χ3n) is 4.69. The third kappa shape index (κ3) is 3.61. The first kappa shape index (κ1) is 18.2. The molecule has 2 aromatic carbocycles. The molecule has 1 unspecified atom stereocenters. The molecule has 0 bridgehead atoms. The zero-order valence-electron chi connectivity index (χ0n) is 15.3. The van der Waals surface area contributed by atoms with Crippen LogP contribution in [0.3, 0.4) is 0 Å². The summed E-state index contributed by atoms with van der Waals surface area (Å²) in [6.07, 6.45) is -0.511. The fourth-order valence-electron chi connectivity index (χ4n) is 3.21. The first-order valence-electron chi connectivity index (χ1n) is 8.92. The molecule has 2 heterocycles. The Morgan fingerprint density at radius 2 is 2.07 bits per heavy atom. The van der Waals surface area contributed by atoms with E-state index in [1.807, 2.05) is 18.2 Å². The van der Waals surface area contributed by atoms with Crippen molar-refractivity contribution in [2.24, 2.45) is 0 Å². The van der Waals surface area contributed by atoms with Crippen LogP contribution in [-0.2, 0) is 4.74 Å². The molecule has 4 rings (SSSR count). The Balaban J connectivity index is 1.51. The highest BCUT2D eigenvalue weighted by atomic mass is 19.1. The van der Waals surface area contributed by atoms with Crippen LogP contribution in [0.5, 0.6) is 5.75 Å². The van der Waals surface area contributed by atoms with Crippen molar-refractivity contribution in [3.63, 3.8) is 0 Å². The van der Waals surface area contributed by atoms with Gasteiger partial charge in [0.1, 0.15) is 17.7 Å². The van der Waals surface area contributed by atoms with Crippen molar-refractivity contribution >= 4 is 5.91 Å². The summed E-state index contributed by atoms with van der Waals surface area (Å²) in [5.74, 6) is 0.537. The molecule has 1 amide bonds. The van der Waals surface area contributed by atoms with Gasteiger partial charge in [-0.2, -0.15) is 0 Å². The molecular formula is C21H19FN2O4. The Kier molecular flexibility index (Phi) is 5.08. The van der Waals surface area contributed by atoms with Gasteiger partial charge in [-0.3, -0.25) is 4.79 Å². The SMILES string of the molecule is COc1cccc(-c2cc(C(=O)N3CCOC(c4ccccc4F)C3)no2)c1. The second kappa shape index (κ2) is 7.82. The Hall–Kier alpha value is -3.19. The molecule has 0 saturated carbocycles. The van der Waals surface area contributed by atoms with E-state index in [9.17, 15) is 9.18 Å². The lowest BCUT2D eigenvalue weighted by Gasteiger charge is -2.32. The first-order chi connectivity index (χ1) is 13.7. The number of morpholine rings is 1. The zero-order chi connectivity index (χ0) is 19.5. The van der Waals surface area contributed by atoms with E-state index in [0.717, 1.165) is 5.56 Å². The molecule has 1 aromatic heterocycles. The van der Waals surface area contributed by atoms with Gasteiger partial charge in [-0.1, -0.05) is 35.5 Å². The number of amides is 1. The molecule has 1 saturated heterocycles. The van der Waals surface area contributed by atoms with Gasteiger partial charge in [0.05, 0.1) is 20.3 Å². The number of carbonyl (C=O) groups is 1. The zero-order valence-corrected chi connectivity index (χ0v) is 15.3. The molecule has 1 fully saturated rings. The van der Waals surface area contributed by atoms with Crippen molar-refractivity contribution in [1.29, 1.82) is 0 Å². The number of methoxy groups -OCH3 is 1. The Bertz CT molecular complexity index is 988. The van der Waals surface area contributed by atoms with E-state index in [-0.39, 0.29) is 24.0 Å². The highest BCUT2D eigenvalue weighted by Crippen LogP contribution is 2.27. The smallest absolute Gasteiger partial charge is 0.276 e. The molecule has 1 aliphatic rings. The predicted molar refractivity (Wildman–Crippen MR) is 99.5 cm³/mol. The minimum Gasteiger partial charge on any atom is -0.497 e. The molecule has 1 atom stereocenters. The maximum atomic E-state index is 14.1. The van der Waals surface area contributed by atoms with Gasteiger partial charge < -0.3 is 18.9 Å². The molecular weight excluding hydrogens is 363 g/mol. The first-order valence-corrected chi connectivity index (χ1v) is 8.92. The number of halogens is 1. The third-order valence-corrected chi connectivity index (χ3v) is 4.69. The molecule has 1 aliphatic heterocycles. The van der Waals surface area contributed by atoms with Crippen molar-refractivity contribution in [3.05, 3.63) is 71.7 Å². The summed E-state index contributed by atoms with van der Waals surface area (Å²) in [5.41, 5.74) is 1.40. The summed E-state index contributed by atoms with van der Waals surface area (Å²) in [7, 11) is 1.58. The number of hydrogen-bond acceptors (Lipinski definition) is 5. The summed E-state index contributed by atoms with van der Waals surface area (Å²) < 4.78 is 30.3. The normalized spacial score (nSPS) is 16.8. The van der Waals surface area contributed by atoms with Crippen LogP contribution < -0.4 is 4.74 Å². The van der Waals surface area contributed by atoms with Crippen LogP contribution in [0, 0.1) is 5.82 Å². The van der Waals surface area contributed by atoms with Crippen LogP contribution in [0.1, 0.15) is 22.2 Å². The molecule has 0 spiro atoms. The fraction of sp³-hybridized carbons (Fsp3) is 0.238. The second-order valence-electron chi connectivity index (χ2n) is 6.44. The summed E-state index contributed by atoms with van der Waals surface area (Å²) in [6.45, 7) is 0.984. The molecule has 28 heavy (non-hydrogen) atoms. The summed E-state index contributed by atoms with van der Waals surface area (Å²) in [6, 6.07) is 15.3. The Morgan fingerprint density at radius 1 is 1.21 bits per heavy atom. The van der Waals surface area contributed by atoms with Crippen LogP contribution in [-0.4, -0.2) is 42.8 Å². The van der Waals surface area contributed by atoms with Crippen molar-refractivity contribution in [1.82, 2.24) is 10.1 Å². The van der Waals surface area contributed by atoms with E-state index in [0.29, 0.717) is 30.2 Å². The van der Waals surface area contributed by atoms with Gasteiger partial charge in [-0.15, -0.1) is 0 Å². The standard InChI is InChI=1S/C21H19FN2O4/c1-26-15-6-4-5-14(11-15)19-12-18(23-28-19)21(25)24-9-10-27-20(13-24)16-7-2-3-8-17(16)22/h2-8,11-12,20H,9-10,13H2,1H3. The molecule has 0 radical (unpaired) electrons. The number of carbonyl (C=O) groups excluding carboxylic acids is 1. The highest BCUT2D eigenvalue weighted by Gasteiger charge is 2.29. The van der Waals surface area contributed by atoms with Crippen molar-refractivity contribution in [2.45, 2.75) is 6.10 Å². The minimum absolute atomic E-state index is 0.201. The van der Waals surface area contributed by atoms with E-state index < -0.39 is 6.10 Å². The van der Waals surface area contributed by atoms with Crippen molar-refractivity contribution in [2.75, 3.05) is 26.8 Å². The molecule has 7 heteroatoms. The number of aromatic nitrogens is 1. The number of ether oxygens (including phenoxy) is 2. The van der Waals surface area contributed by atoms with Gasteiger partial charge in [-0.05, 0) is 18.2 Å². The van der Waals surface area contributed by atoms with Crippen molar-refractivity contribution < 1.29 is 23.2 Å². The lowest BCUT2D eigenvalue weighted by Crippen LogP contribution is -2.42. The minimum atomic E-state index is -0.511.